The Morgan fingerprint density at radius 3 is 1.18 bits per heavy atom. The van der Waals surface area contributed by atoms with Gasteiger partial charge in [0, 0.05) is 96.7 Å². The number of nitriles is 1. The number of pyridine rings is 1. The van der Waals surface area contributed by atoms with E-state index in [1.165, 1.54) is 30.3 Å². The largest absolute Gasteiger partial charge is 0.316 e. The molecule has 0 atom stereocenters. The summed E-state index contributed by atoms with van der Waals surface area (Å²) < 4.78 is 14.0. The summed E-state index contributed by atoms with van der Waals surface area (Å²) in [6.07, 6.45) is 3.69. The van der Waals surface area contributed by atoms with Crippen molar-refractivity contribution in [1.82, 2.24) is 18.7 Å². The highest BCUT2D eigenvalue weighted by molar-refractivity contribution is 7.27. The molecule has 0 saturated carbocycles. The molecule has 6 nitrogen and oxygen atoms in total. The number of hydrogen-bond acceptors (Lipinski definition) is 5. The Morgan fingerprint density at radius 1 is 0.395 bits per heavy atom. The predicted molar refractivity (Wildman–Crippen MR) is 322 cm³/mol. The molecule has 0 aliphatic rings. The predicted octanol–water partition coefficient (Wildman–Crippen LogP) is 19.6. The van der Waals surface area contributed by atoms with Gasteiger partial charge in [0.15, 0.2) is 0 Å². The Balaban J connectivity index is 1.19. The first kappa shape index (κ1) is 41.8. The molecule has 0 saturated heterocycles. The number of thiophene rings is 3. The SMILES string of the molecule is [C-]#[N+]c1c(-c2cccnc2)c(-n2c3ccccc3c3ccc4c5ccccc5sc4c32)c(-n2c3ccccc3c3ccc4c5ccccc5sc4c32)c(C#N)c1-n1c2ccccc2c2ccc3c4ccccc4sc3c21. The topological polar surface area (TPSA) is 55.8 Å². The normalized spacial score (nSPS) is 12.2. The molecule has 0 aliphatic carbocycles. The minimum absolute atomic E-state index is 0.367. The summed E-state index contributed by atoms with van der Waals surface area (Å²) in [5.41, 5.74) is 10.0. The van der Waals surface area contributed by atoms with Crippen LogP contribution < -0.4 is 0 Å². The van der Waals surface area contributed by atoms with Gasteiger partial charge in [-0.05, 0) is 48.0 Å². The fourth-order valence-corrected chi connectivity index (χ4v) is 16.5. The van der Waals surface area contributed by atoms with Crippen LogP contribution in [-0.4, -0.2) is 18.7 Å². The molecule has 7 aromatic heterocycles. The van der Waals surface area contributed by atoms with Crippen molar-refractivity contribution in [3.63, 3.8) is 0 Å². The molecule has 0 spiro atoms. The van der Waals surface area contributed by atoms with Gasteiger partial charge in [0.2, 0.25) is 5.69 Å². The molecule has 0 aliphatic heterocycles. The van der Waals surface area contributed by atoms with E-state index in [9.17, 15) is 11.8 Å². The molecule has 76 heavy (non-hydrogen) atoms. The fraction of sp³-hybridized carbons (Fsp3) is 0. The van der Waals surface area contributed by atoms with E-state index in [1.54, 1.807) is 40.2 Å². The minimum Gasteiger partial charge on any atom is -0.316 e. The molecule has 350 valence electrons. The average Bonchev–Trinajstić information content (AvgIpc) is 4.51. The quantitative estimate of drug-likeness (QED) is 0.165. The summed E-state index contributed by atoms with van der Waals surface area (Å²) in [6, 6.07) is 72.2. The van der Waals surface area contributed by atoms with Crippen LogP contribution in [0, 0.1) is 17.9 Å². The monoisotopic (exact) mass is 1020 g/mol. The second kappa shape index (κ2) is 15.5. The van der Waals surface area contributed by atoms with Gasteiger partial charge in [-0.15, -0.1) is 34.0 Å². The highest BCUT2D eigenvalue weighted by atomic mass is 32.1. The van der Waals surface area contributed by atoms with Crippen LogP contribution in [0.2, 0.25) is 0 Å². The Labute approximate surface area is 444 Å². The molecule has 0 N–H and O–H groups in total. The van der Waals surface area contributed by atoms with Gasteiger partial charge in [0.05, 0.1) is 76.4 Å². The van der Waals surface area contributed by atoms with Crippen LogP contribution in [0.25, 0.3) is 159 Å². The second-order valence-electron chi connectivity index (χ2n) is 19.5. The van der Waals surface area contributed by atoms with Crippen LogP contribution in [-0.2, 0) is 0 Å². The lowest BCUT2D eigenvalue weighted by atomic mass is 9.94. The third-order valence-corrected chi connectivity index (χ3v) is 19.4. The lowest BCUT2D eigenvalue weighted by Crippen LogP contribution is -2.12. The third kappa shape index (κ3) is 5.38. The molecule has 0 bridgehead atoms. The van der Waals surface area contributed by atoms with Gasteiger partial charge in [-0.3, -0.25) is 4.98 Å². The molecular formula is C67H34N6S3. The first-order chi connectivity index (χ1) is 37.7. The molecule has 17 aromatic rings. The summed E-state index contributed by atoms with van der Waals surface area (Å²) in [7, 11) is 0. The van der Waals surface area contributed by atoms with Gasteiger partial charge in [0.25, 0.3) is 0 Å². The fourth-order valence-electron chi connectivity index (χ4n) is 12.7. The first-order valence-corrected chi connectivity index (χ1v) is 27.6. The molecule has 0 radical (unpaired) electrons. The van der Waals surface area contributed by atoms with Gasteiger partial charge in [-0.2, -0.15) is 5.26 Å². The van der Waals surface area contributed by atoms with Crippen LogP contribution in [0.1, 0.15) is 5.56 Å². The van der Waals surface area contributed by atoms with Gasteiger partial charge in [-0.1, -0.05) is 152 Å². The summed E-state index contributed by atoms with van der Waals surface area (Å²) in [4.78, 5) is 9.57. The Bertz CT molecular complexity index is 5510. The zero-order valence-corrected chi connectivity index (χ0v) is 42.5. The molecule has 0 amide bonds. The van der Waals surface area contributed by atoms with E-state index >= 15 is 0 Å². The van der Waals surface area contributed by atoms with Gasteiger partial charge in [0.1, 0.15) is 6.07 Å². The van der Waals surface area contributed by atoms with Crippen molar-refractivity contribution in [2.75, 3.05) is 0 Å². The highest BCUT2D eigenvalue weighted by Gasteiger charge is 2.35. The van der Waals surface area contributed by atoms with Gasteiger partial charge >= 0.3 is 0 Å². The summed E-state index contributed by atoms with van der Waals surface area (Å²) >= 11 is 5.34. The molecular weight excluding hydrogens is 985 g/mol. The first-order valence-electron chi connectivity index (χ1n) is 25.1. The van der Waals surface area contributed by atoms with Crippen LogP contribution >= 0.6 is 34.0 Å². The second-order valence-corrected chi connectivity index (χ2v) is 22.6. The zero-order chi connectivity index (χ0) is 49.9. The zero-order valence-electron chi connectivity index (χ0n) is 40.0. The van der Waals surface area contributed by atoms with Crippen molar-refractivity contribution in [2.45, 2.75) is 0 Å². The van der Waals surface area contributed by atoms with Crippen molar-refractivity contribution in [3.05, 3.63) is 223 Å². The van der Waals surface area contributed by atoms with Crippen molar-refractivity contribution < 1.29 is 0 Å². The summed E-state index contributed by atoms with van der Waals surface area (Å²) in [5.74, 6) is 0. The number of aromatic nitrogens is 4. The van der Waals surface area contributed by atoms with Gasteiger partial charge < -0.3 is 13.7 Å². The van der Waals surface area contributed by atoms with Crippen LogP contribution in [0.3, 0.4) is 0 Å². The number of rotatable bonds is 4. The maximum atomic E-state index is 12.7. The van der Waals surface area contributed by atoms with E-state index in [4.69, 9.17) is 9.83 Å². The number of benzene rings is 10. The Morgan fingerprint density at radius 2 is 0.776 bits per heavy atom. The highest BCUT2D eigenvalue weighted by Crippen LogP contribution is 2.55. The van der Waals surface area contributed by atoms with E-state index in [0.717, 1.165) is 107 Å². The molecule has 17 rings (SSSR count). The number of hydrogen-bond donors (Lipinski definition) is 0. The van der Waals surface area contributed by atoms with E-state index in [0.29, 0.717) is 28.2 Å². The summed E-state index contributed by atoms with van der Waals surface area (Å²) in [6.45, 7) is 9.72. The van der Waals surface area contributed by atoms with Crippen LogP contribution in [0.5, 0.6) is 0 Å². The smallest absolute Gasteiger partial charge is 0.221 e. The Hall–Kier alpha value is -9.61. The Kier molecular flexibility index (Phi) is 8.51. The summed E-state index contributed by atoms with van der Waals surface area (Å²) in [5, 5.41) is 26.2. The molecule has 7 heterocycles. The van der Waals surface area contributed by atoms with E-state index < -0.39 is 0 Å². The van der Waals surface area contributed by atoms with E-state index in [1.807, 2.05) is 12.3 Å². The van der Waals surface area contributed by atoms with Crippen LogP contribution in [0.15, 0.2) is 207 Å². The van der Waals surface area contributed by atoms with E-state index in [2.05, 4.69) is 208 Å². The molecule has 0 unspecified atom stereocenters. The lowest BCUT2D eigenvalue weighted by Gasteiger charge is -2.26. The average molecular weight is 1020 g/mol. The molecule has 10 aromatic carbocycles. The maximum absolute atomic E-state index is 12.7. The van der Waals surface area contributed by atoms with Crippen molar-refractivity contribution in [3.8, 4) is 34.3 Å². The molecule has 9 heteroatoms. The van der Waals surface area contributed by atoms with Crippen molar-refractivity contribution in [2.24, 2.45) is 0 Å². The number of fused-ring (bicyclic) bond motifs is 21. The van der Waals surface area contributed by atoms with Crippen molar-refractivity contribution in [1.29, 1.82) is 5.26 Å². The van der Waals surface area contributed by atoms with E-state index in [-0.39, 0.29) is 0 Å². The van der Waals surface area contributed by atoms with Crippen molar-refractivity contribution >= 4 is 166 Å². The molecule has 0 fully saturated rings. The number of para-hydroxylation sites is 3. The minimum atomic E-state index is 0.367. The maximum Gasteiger partial charge on any atom is 0.221 e. The van der Waals surface area contributed by atoms with Gasteiger partial charge in [-0.25, -0.2) is 4.85 Å². The lowest BCUT2D eigenvalue weighted by molar-refractivity contribution is 1.08. The third-order valence-electron chi connectivity index (χ3n) is 15.8. The number of nitrogens with zero attached hydrogens (tertiary/aromatic N) is 6. The standard InChI is InChI=1S/C67H34N6S3/c1-69-58-57(37-15-14-34-70-36-37)64(73-53-24-10-4-18-40(53)46-30-33-49-43-21-7-13-27-56(43)76-67(49)63(46)73)60(72-52-23-9-3-17-39(52)45-29-32-48-42-20-6-12-26-55(42)75-66(48)62(45)72)50(35-68)59(58)71-51-22-8-2-16-38(51)44-28-31-47-41-19-5-11-25-54(41)74-65(47)61(44)71/h2-34,36H. The van der Waals surface area contributed by atoms with Crippen LogP contribution in [0.4, 0.5) is 5.69 Å².